The summed E-state index contributed by atoms with van der Waals surface area (Å²) in [4.78, 5) is 9.47. The lowest BCUT2D eigenvalue weighted by atomic mass is 10.1. The number of benzene rings is 6. The van der Waals surface area contributed by atoms with Crippen LogP contribution in [0.15, 0.2) is 158 Å². The first-order valence-corrected chi connectivity index (χ1v) is 15.7. The van der Waals surface area contributed by atoms with Gasteiger partial charge in [-0.15, -0.1) is 0 Å². The molecule has 1 heterocycles. The number of anilines is 10. The van der Waals surface area contributed by atoms with Gasteiger partial charge in [-0.25, -0.2) is 0 Å². The number of piperazine rings is 1. The van der Waals surface area contributed by atoms with Crippen molar-refractivity contribution in [2.45, 2.75) is 0 Å². The molecule has 228 valence electrons. The van der Waals surface area contributed by atoms with E-state index in [0.29, 0.717) is 0 Å². The molecule has 0 spiro atoms. The minimum atomic E-state index is 0.743. The third-order valence-electron chi connectivity index (χ3n) is 8.56. The maximum Gasteiger partial charge on any atom is 0.0463 e. The highest BCUT2D eigenvalue weighted by molar-refractivity contribution is 5.79. The Morgan fingerprint density at radius 2 is 0.587 bits per heavy atom. The van der Waals surface area contributed by atoms with E-state index in [2.05, 4.69) is 129 Å². The van der Waals surface area contributed by atoms with Crippen LogP contribution in [-0.2, 0) is 0 Å². The molecule has 0 saturated carbocycles. The predicted octanol–water partition coefficient (Wildman–Crippen LogP) is 9.12. The zero-order valence-electron chi connectivity index (χ0n) is 25.8. The average Bonchev–Trinajstić information content (AvgIpc) is 3.12. The fourth-order valence-corrected chi connectivity index (χ4v) is 6.14. The Kier molecular flexibility index (Phi) is 8.16. The maximum atomic E-state index is 5.99. The largest absolute Gasteiger partial charge is 0.399 e. The summed E-state index contributed by atoms with van der Waals surface area (Å²) in [5.74, 6) is 0. The number of hydrogen-bond acceptors (Lipinski definition) is 6. The van der Waals surface area contributed by atoms with Gasteiger partial charge in [-0.3, -0.25) is 0 Å². The number of rotatable bonds is 8. The minimum Gasteiger partial charge on any atom is -0.399 e. The summed E-state index contributed by atoms with van der Waals surface area (Å²) < 4.78 is 0. The van der Waals surface area contributed by atoms with Gasteiger partial charge in [0.2, 0.25) is 0 Å². The van der Waals surface area contributed by atoms with E-state index in [4.69, 9.17) is 11.5 Å². The average molecular weight is 603 g/mol. The van der Waals surface area contributed by atoms with Crippen LogP contribution in [-0.4, -0.2) is 26.2 Å². The summed E-state index contributed by atoms with van der Waals surface area (Å²) >= 11 is 0. The highest BCUT2D eigenvalue weighted by atomic mass is 15.3. The van der Waals surface area contributed by atoms with Gasteiger partial charge in [0.15, 0.2) is 0 Å². The Morgan fingerprint density at radius 1 is 0.326 bits per heavy atom. The van der Waals surface area contributed by atoms with E-state index in [-0.39, 0.29) is 0 Å². The van der Waals surface area contributed by atoms with Crippen molar-refractivity contribution in [3.8, 4) is 0 Å². The van der Waals surface area contributed by atoms with Crippen LogP contribution in [0.25, 0.3) is 0 Å². The molecule has 7 rings (SSSR count). The van der Waals surface area contributed by atoms with E-state index >= 15 is 0 Å². The van der Waals surface area contributed by atoms with Crippen LogP contribution in [0.4, 0.5) is 56.9 Å². The van der Waals surface area contributed by atoms with Crippen LogP contribution in [0, 0.1) is 0 Å². The lowest BCUT2D eigenvalue weighted by molar-refractivity contribution is 0.653. The van der Waals surface area contributed by atoms with E-state index in [1.807, 2.05) is 48.5 Å². The van der Waals surface area contributed by atoms with E-state index in [1.165, 1.54) is 11.4 Å². The third-order valence-corrected chi connectivity index (χ3v) is 8.56. The van der Waals surface area contributed by atoms with Crippen LogP contribution in [0.1, 0.15) is 0 Å². The highest BCUT2D eigenvalue weighted by Gasteiger charge is 2.20. The SMILES string of the molecule is Nc1ccc(N(c2ccc(N)cc2)c2ccc(N3CCN(c4ccc(N(c5ccccc5)c5ccccc5)cc4)CC3)cc2)cc1. The molecule has 1 aliphatic heterocycles. The molecule has 0 aliphatic carbocycles. The van der Waals surface area contributed by atoms with Crippen molar-refractivity contribution in [2.75, 3.05) is 57.2 Å². The fraction of sp³-hybridized carbons (Fsp3) is 0.100. The van der Waals surface area contributed by atoms with E-state index in [1.54, 1.807) is 0 Å². The second-order valence-electron chi connectivity index (χ2n) is 11.5. The Morgan fingerprint density at radius 3 is 0.891 bits per heavy atom. The van der Waals surface area contributed by atoms with Crippen LogP contribution in [0.2, 0.25) is 0 Å². The Labute approximate surface area is 271 Å². The summed E-state index contributed by atoms with van der Waals surface area (Å²) in [6.07, 6.45) is 0. The lowest BCUT2D eigenvalue weighted by Gasteiger charge is -2.38. The molecule has 1 fully saturated rings. The Hall–Kier alpha value is -5.88. The monoisotopic (exact) mass is 602 g/mol. The number of hydrogen-bond donors (Lipinski definition) is 2. The second-order valence-corrected chi connectivity index (χ2v) is 11.5. The smallest absolute Gasteiger partial charge is 0.0463 e. The van der Waals surface area contributed by atoms with E-state index in [9.17, 15) is 0 Å². The van der Waals surface area contributed by atoms with Crippen molar-refractivity contribution >= 4 is 56.9 Å². The van der Waals surface area contributed by atoms with E-state index < -0.39 is 0 Å². The molecule has 0 aromatic heterocycles. The molecule has 0 atom stereocenters. The van der Waals surface area contributed by atoms with Gasteiger partial charge < -0.3 is 31.1 Å². The van der Waals surface area contributed by atoms with Gasteiger partial charge in [0, 0.05) is 83.1 Å². The zero-order chi connectivity index (χ0) is 31.3. The molecular weight excluding hydrogens is 564 g/mol. The van der Waals surface area contributed by atoms with Crippen LogP contribution in [0.5, 0.6) is 0 Å². The highest BCUT2D eigenvalue weighted by Crippen LogP contribution is 2.37. The maximum absolute atomic E-state index is 5.99. The van der Waals surface area contributed by atoms with Crippen molar-refractivity contribution in [1.29, 1.82) is 0 Å². The number of nitrogens with two attached hydrogens (primary N) is 2. The quantitative estimate of drug-likeness (QED) is 0.169. The summed E-state index contributed by atoms with van der Waals surface area (Å²) in [5, 5.41) is 0. The van der Waals surface area contributed by atoms with Crippen LogP contribution < -0.4 is 31.1 Å². The molecular formula is C40H38N6. The van der Waals surface area contributed by atoms with Gasteiger partial charge in [0.05, 0.1) is 0 Å². The third kappa shape index (κ3) is 6.19. The van der Waals surface area contributed by atoms with Crippen molar-refractivity contribution in [1.82, 2.24) is 0 Å². The molecule has 0 radical (unpaired) electrons. The number of nitrogens with zero attached hydrogens (tertiary/aromatic N) is 4. The van der Waals surface area contributed by atoms with E-state index in [0.717, 1.165) is 71.7 Å². The second kappa shape index (κ2) is 13.0. The summed E-state index contributed by atoms with van der Waals surface area (Å²) in [6.45, 7) is 3.85. The van der Waals surface area contributed by atoms with Gasteiger partial charge in [-0.1, -0.05) is 36.4 Å². The van der Waals surface area contributed by atoms with Crippen LogP contribution >= 0.6 is 0 Å². The van der Waals surface area contributed by atoms with Gasteiger partial charge >= 0.3 is 0 Å². The molecule has 46 heavy (non-hydrogen) atoms. The Bertz CT molecular complexity index is 1750. The van der Waals surface area contributed by atoms with Crippen LogP contribution in [0.3, 0.4) is 0 Å². The first kappa shape index (κ1) is 28.9. The predicted molar refractivity (Wildman–Crippen MR) is 196 cm³/mol. The standard InChI is InChI=1S/C40H38N6/c41-31-11-15-37(16-12-31)46(38-17-13-32(42)14-18-38)40-25-21-34(22-26-40)44-29-27-43(28-30-44)33-19-23-39(24-20-33)45(35-7-3-1-4-8-35)36-9-5-2-6-10-36/h1-26H,27-30,41-42H2. The molecule has 0 bridgehead atoms. The van der Waals surface area contributed by atoms with Crippen molar-refractivity contribution in [3.63, 3.8) is 0 Å². The number of para-hydroxylation sites is 2. The lowest BCUT2D eigenvalue weighted by Crippen LogP contribution is -2.46. The molecule has 0 amide bonds. The van der Waals surface area contributed by atoms with Gasteiger partial charge in [-0.05, 0) is 121 Å². The fourth-order valence-electron chi connectivity index (χ4n) is 6.14. The molecule has 1 aliphatic rings. The minimum absolute atomic E-state index is 0.743. The summed E-state index contributed by atoms with van der Waals surface area (Å²) in [5.41, 5.74) is 22.6. The van der Waals surface area contributed by atoms with Crippen molar-refractivity contribution in [3.05, 3.63) is 158 Å². The molecule has 6 nitrogen and oxygen atoms in total. The van der Waals surface area contributed by atoms with Gasteiger partial charge in [0.25, 0.3) is 0 Å². The molecule has 0 unspecified atom stereocenters. The van der Waals surface area contributed by atoms with Crippen molar-refractivity contribution in [2.24, 2.45) is 0 Å². The zero-order valence-corrected chi connectivity index (χ0v) is 25.8. The Balaban J connectivity index is 1.04. The molecule has 4 N–H and O–H groups in total. The molecule has 6 heteroatoms. The normalized spacial score (nSPS) is 13.0. The molecule has 1 saturated heterocycles. The number of nitrogen functional groups attached to an aromatic ring is 2. The topological polar surface area (TPSA) is 65.0 Å². The van der Waals surface area contributed by atoms with Crippen molar-refractivity contribution < 1.29 is 0 Å². The molecule has 6 aromatic carbocycles. The van der Waals surface area contributed by atoms with Gasteiger partial charge in [0.1, 0.15) is 0 Å². The molecule has 6 aromatic rings. The summed E-state index contributed by atoms with van der Waals surface area (Å²) in [7, 11) is 0. The summed E-state index contributed by atoms with van der Waals surface area (Å²) in [6, 6.07) is 54.8. The van der Waals surface area contributed by atoms with Gasteiger partial charge in [-0.2, -0.15) is 0 Å². The first-order valence-electron chi connectivity index (χ1n) is 15.7. The first-order chi connectivity index (χ1) is 22.6.